The van der Waals surface area contributed by atoms with Crippen LogP contribution in [0.4, 0.5) is 0 Å². The standard InChI is InChI=1S/C4H10.Th/c1-3-4-2;/h3-4H2,1-2H3;. The molecule has 30 valence electrons. The maximum atomic E-state index is 2.18. The Kier molecular flexibility index (Phi) is 17.3. The van der Waals surface area contributed by atoms with E-state index in [9.17, 15) is 0 Å². The van der Waals surface area contributed by atoms with Crippen LogP contribution in [-0.4, -0.2) is 0 Å². The molecule has 0 N–H and O–H groups in total. The molecule has 0 bridgehead atoms. The van der Waals surface area contributed by atoms with E-state index in [0.29, 0.717) is 0 Å². The van der Waals surface area contributed by atoms with Crippen molar-refractivity contribution >= 4 is 0 Å². The van der Waals surface area contributed by atoms with E-state index >= 15 is 0 Å². The molecule has 0 aromatic heterocycles. The van der Waals surface area contributed by atoms with Gasteiger partial charge in [-0.3, -0.25) is 0 Å². The van der Waals surface area contributed by atoms with Gasteiger partial charge in [0.1, 0.15) is 0 Å². The Labute approximate surface area is 66.0 Å². The predicted molar refractivity (Wildman–Crippen MR) is 20.6 cm³/mol. The van der Waals surface area contributed by atoms with Crippen molar-refractivity contribution in [3.8, 4) is 0 Å². The molecular formula is C4H10Th. The summed E-state index contributed by atoms with van der Waals surface area (Å²) in [4.78, 5) is 0. The van der Waals surface area contributed by atoms with Gasteiger partial charge in [0, 0.05) is 39.9 Å². The zero-order valence-electron chi connectivity index (χ0n) is 3.91. The van der Waals surface area contributed by atoms with E-state index in [-0.39, 0.29) is 39.9 Å². The van der Waals surface area contributed by atoms with Gasteiger partial charge in [0.25, 0.3) is 0 Å². The third-order valence-corrected chi connectivity index (χ3v) is 0.500. The first-order valence-electron chi connectivity index (χ1n) is 1.91. The molecule has 0 fully saturated rings. The molecule has 0 amide bonds. The van der Waals surface area contributed by atoms with Crippen LogP contribution in [0, 0.1) is 39.9 Å². The second kappa shape index (κ2) is 9.01. The molecule has 0 nitrogen and oxygen atoms in total. The van der Waals surface area contributed by atoms with E-state index in [0.717, 1.165) is 0 Å². The smallest absolute Gasteiger partial charge is 0 e. The maximum Gasteiger partial charge on any atom is 0 e. The molecule has 0 radical (unpaired) electrons. The molecule has 0 rings (SSSR count). The predicted octanol–water partition coefficient (Wildman–Crippen LogP) is 1.81. The van der Waals surface area contributed by atoms with Gasteiger partial charge in [0.15, 0.2) is 0 Å². The summed E-state index contributed by atoms with van der Waals surface area (Å²) in [5.74, 6) is 0. The van der Waals surface area contributed by atoms with Gasteiger partial charge in [-0.1, -0.05) is 26.7 Å². The van der Waals surface area contributed by atoms with Crippen LogP contribution < -0.4 is 0 Å². The normalized spacial score (nSPS) is 6.00. The van der Waals surface area contributed by atoms with Crippen LogP contribution in [0.1, 0.15) is 26.7 Å². The molecule has 5 heavy (non-hydrogen) atoms. The SMILES string of the molecule is CCCC.[Th]. The van der Waals surface area contributed by atoms with Crippen LogP contribution in [0.2, 0.25) is 0 Å². The van der Waals surface area contributed by atoms with E-state index in [1.165, 1.54) is 12.8 Å². The zero-order valence-corrected chi connectivity index (χ0v) is 8.02. The van der Waals surface area contributed by atoms with E-state index in [2.05, 4.69) is 13.8 Å². The van der Waals surface area contributed by atoms with Crippen molar-refractivity contribution in [3.63, 3.8) is 0 Å². The fourth-order valence-corrected chi connectivity index (χ4v) is 0. The largest absolute Gasteiger partial charge is 0.0654 e. The molecule has 0 heterocycles. The molecule has 0 aromatic carbocycles. The monoisotopic (exact) mass is 290 g/mol. The summed E-state index contributed by atoms with van der Waals surface area (Å²) in [6.45, 7) is 4.36. The Balaban J connectivity index is 0. The molecule has 0 aliphatic rings. The van der Waals surface area contributed by atoms with Gasteiger partial charge in [0.2, 0.25) is 0 Å². The average Bonchev–Trinajstić information content (AvgIpc) is 1.37. The van der Waals surface area contributed by atoms with Gasteiger partial charge >= 0.3 is 0 Å². The fraction of sp³-hybridized carbons (Fsp3) is 1.00. The van der Waals surface area contributed by atoms with Gasteiger partial charge in [0.05, 0.1) is 0 Å². The fourth-order valence-electron chi connectivity index (χ4n) is 0. The Bertz CT molecular complexity index is 5.61. The first-order valence-corrected chi connectivity index (χ1v) is 1.91. The molecule has 0 aliphatic heterocycles. The van der Waals surface area contributed by atoms with Crippen molar-refractivity contribution in [2.45, 2.75) is 26.7 Å². The van der Waals surface area contributed by atoms with Gasteiger partial charge in [-0.25, -0.2) is 0 Å². The van der Waals surface area contributed by atoms with Crippen molar-refractivity contribution < 1.29 is 39.9 Å². The zero-order chi connectivity index (χ0) is 3.41. The summed E-state index contributed by atoms with van der Waals surface area (Å²) in [6, 6.07) is 0. The number of rotatable bonds is 1. The molecule has 0 saturated carbocycles. The van der Waals surface area contributed by atoms with Gasteiger partial charge < -0.3 is 0 Å². The van der Waals surface area contributed by atoms with Crippen LogP contribution >= 0.6 is 0 Å². The maximum absolute atomic E-state index is 2.18. The van der Waals surface area contributed by atoms with Crippen LogP contribution in [0.3, 0.4) is 0 Å². The first-order chi connectivity index (χ1) is 1.91. The summed E-state index contributed by atoms with van der Waals surface area (Å²) in [5, 5.41) is 0. The minimum Gasteiger partial charge on any atom is -0.0654 e. The summed E-state index contributed by atoms with van der Waals surface area (Å²) in [7, 11) is 0. The van der Waals surface area contributed by atoms with Crippen molar-refractivity contribution in [2.75, 3.05) is 0 Å². The van der Waals surface area contributed by atoms with Crippen LogP contribution in [0.5, 0.6) is 0 Å². The van der Waals surface area contributed by atoms with Crippen LogP contribution in [-0.2, 0) is 0 Å². The Hall–Kier alpha value is 1.32. The molecule has 0 aliphatic carbocycles. The van der Waals surface area contributed by atoms with Crippen molar-refractivity contribution in [2.24, 2.45) is 0 Å². The molecule has 0 spiro atoms. The average molecular weight is 290 g/mol. The Morgan fingerprint density at radius 2 is 1.20 bits per heavy atom. The second-order valence-corrected chi connectivity index (χ2v) is 1.000. The molecular weight excluding hydrogens is 280 g/mol. The third-order valence-electron chi connectivity index (χ3n) is 0.500. The molecule has 0 aromatic rings. The topological polar surface area (TPSA) is 0 Å². The number of hydrogen-bond donors (Lipinski definition) is 0. The molecule has 0 saturated heterocycles. The van der Waals surface area contributed by atoms with Crippen molar-refractivity contribution in [1.29, 1.82) is 0 Å². The molecule has 0 unspecified atom stereocenters. The van der Waals surface area contributed by atoms with E-state index in [1.807, 2.05) is 0 Å². The van der Waals surface area contributed by atoms with E-state index in [4.69, 9.17) is 0 Å². The number of hydrogen-bond acceptors (Lipinski definition) is 0. The minimum absolute atomic E-state index is 0. The second-order valence-electron chi connectivity index (χ2n) is 1.000. The van der Waals surface area contributed by atoms with Crippen molar-refractivity contribution in [3.05, 3.63) is 0 Å². The van der Waals surface area contributed by atoms with Crippen molar-refractivity contribution in [1.82, 2.24) is 0 Å². The van der Waals surface area contributed by atoms with Gasteiger partial charge in [-0.15, -0.1) is 0 Å². The summed E-state index contributed by atoms with van der Waals surface area (Å²) in [6.07, 6.45) is 2.64. The summed E-state index contributed by atoms with van der Waals surface area (Å²) < 4.78 is 0. The summed E-state index contributed by atoms with van der Waals surface area (Å²) in [5.41, 5.74) is 0. The first kappa shape index (κ1) is 9.59. The molecule has 0 atom stereocenters. The summed E-state index contributed by atoms with van der Waals surface area (Å²) >= 11 is 0. The van der Waals surface area contributed by atoms with Gasteiger partial charge in [-0.2, -0.15) is 0 Å². The van der Waals surface area contributed by atoms with Crippen LogP contribution in [0.15, 0.2) is 0 Å². The quantitative estimate of drug-likeness (QED) is 0.691. The Morgan fingerprint density at radius 3 is 1.20 bits per heavy atom. The minimum atomic E-state index is 0. The van der Waals surface area contributed by atoms with Gasteiger partial charge in [-0.05, 0) is 0 Å². The molecule has 1 heteroatoms. The van der Waals surface area contributed by atoms with E-state index < -0.39 is 0 Å². The third kappa shape index (κ3) is 10.9. The van der Waals surface area contributed by atoms with E-state index in [1.54, 1.807) is 0 Å². The van der Waals surface area contributed by atoms with Crippen LogP contribution in [0.25, 0.3) is 0 Å². The number of unbranched alkanes of at least 4 members (excludes halogenated alkanes) is 1. The Morgan fingerprint density at radius 1 is 1.00 bits per heavy atom.